The highest BCUT2D eigenvalue weighted by molar-refractivity contribution is 5.99. The Morgan fingerprint density at radius 1 is 0.763 bits per heavy atom. The molecule has 0 atom stereocenters. The van der Waals surface area contributed by atoms with Crippen LogP contribution in [-0.2, 0) is 0 Å². The number of benzene rings is 4. The van der Waals surface area contributed by atoms with Gasteiger partial charge < -0.3 is 29.6 Å². The molecule has 0 fully saturated rings. The van der Waals surface area contributed by atoms with Crippen molar-refractivity contribution < 1.29 is 23.8 Å². The van der Waals surface area contributed by atoms with Crippen molar-refractivity contribution >= 4 is 28.4 Å². The predicted molar refractivity (Wildman–Crippen MR) is 148 cm³/mol. The topological polar surface area (TPSA) is 110 Å². The second kappa shape index (κ2) is 12.1. The van der Waals surface area contributed by atoms with Crippen LogP contribution in [-0.4, -0.2) is 25.4 Å². The first-order chi connectivity index (χ1) is 18.5. The number of carbonyl (C=O) groups is 1. The number of rotatable bonds is 5. The number of amides is 2. The SMILES string of the molecule is COc1ccc(-c2coc3c(OC)c(O)ccc3c2=O)cc1.O=C(Nc1ccccc1)Nc1ccccc1. The van der Waals surface area contributed by atoms with Gasteiger partial charge in [-0.05, 0) is 54.1 Å². The summed E-state index contributed by atoms with van der Waals surface area (Å²) in [7, 11) is 2.99. The molecule has 0 aliphatic rings. The van der Waals surface area contributed by atoms with E-state index in [9.17, 15) is 14.7 Å². The number of hydrogen-bond acceptors (Lipinski definition) is 6. The molecule has 0 aliphatic heterocycles. The van der Waals surface area contributed by atoms with Crippen LogP contribution in [0.2, 0.25) is 0 Å². The number of phenolic OH excluding ortho intramolecular Hbond substituents is 1. The molecule has 4 aromatic carbocycles. The zero-order valence-corrected chi connectivity index (χ0v) is 20.8. The van der Waals surface area contributed by atoms with E-state index in [4.69, 9.17) is 13.9 Å². The standard InChI is InChI=1S/C17H14O5.C13H12N2O/c1-20-11-5-3-10(4-6-11)13-9-22-16-12(15(13)19)7-8-14(18)17(16)21-2;16-13(14-11-7-3-1-4-8-11)15-12-9-5-2-6-10-12/h3-9,18H,1-2H3;1-10H,(H2,14,15,16). The first-order valence-corrected chi connectivity index (χ1v) is 11.6. The molecule has 1 aromatic heterocycles. The maximum atomic E-state index is 12.6. The van der Waals surface area contributed by atoms with Gasteiger partial charge >= 0.3 is 6.03 Å². The van der Waals surface area contributed by atoms with Crippen LogP contribution in [0.25, 0.3) is 22.1 Å². The maximum Gasteiger partial charge on any atom is 0.323 e. The summed E-state index contributed by atoms with van der Waals surface area (Å²) in [5.74, 6) is 0.784. The van der Waals surface area contributed by atoms with E-state index in [2.05, 4.69) is 10.6 Å². The molecular formula is C30H26N2O6. The second-order valence-corrected chi connectivity index (χ2v) is 8.01. The van der Waals surface area contributed by atoms with Crippen molar-refractivity contribution in [3.8, 4) is 28.4 Å². The number of anilines is 2. The van der Waals surface area contributed by atoms with Gasteiger partial charge in [0.15, 0.2) is 11.3 Å². The number of nitrogens with one attached hydrogen (secondary N) is 2. The van der Waals surface area contributed by atoms with E-state index in [0.29, 0.717) is 16.7 Å². The average Bonchev–Trinajstić information content (AvgIpc) is 2.95. The number of urea groups is 1. The average molecular weight is 511 g/mol. The third-order valence-corrected chi connectivity index (χ3v) is 5.54. The molecule has 0 bridgehead atoms. The lowest BCUT2D eigenvalue weighted by Crippen LogP contribution is -2.19. The number of hydrogen-bond donors (Lipinski definition) is 3. The van der Waals surface area contributed by atoms with Gasteiger partial charge in [0, 0.05) is 11.4 Å². The fourth-order valence-corrected chi connectivity index (χ4v) is 3.67. The summed E-state index contributed by atoms with van der Waals surface area (Å²) >= 11 is 0. The van der Waals surface area contributed by atoms with Crippen molar-refractivity contribution in [3.63, 3.8) is 0 Å². The highest BCUT2D eigenvalue weighted by atomic mass is 16.5. The van der Waals surface area contributed by atoms with Gasteiger partial charge in [-0.25, -0.2) is 4.79 Å². The van der Waals surface area contributed by atoms with E-state index in [1.165, 1.54) is 25.5 Å². The number of aromatic hydroxyl groups is 1. The first-order valence-electron chi connectivity index (χ1n) is 11.6. The summed E-state index contributed by atoms with van der Waals surface area (Å²) in [6.45, 7) is 0. The smallest absolute Gasteiger partial charge is 0.323 e. The molecule has 2 amide bonds. The molecule has 192 valence electrons. The molecular weight excluding hydrogens is 484 g/mol. The van der Waals surface area contributed by atoms with Gasteiger partial charge in [0.25, 0.3) is 0 Å². The molecule has 0 saturated carbocycles. The van der Waals surface area contributed by atoms with E-state index in [1.54, 1.807) is 31.4 Å². The summed E-state index contributed by atoms with van der Waals surface area (Å²) in [4.78, 5) is 24.2. The number of para-hydroxylation sites is 2. The van der Waals surface area contributed by atoms with Crippen LogP contribution >= 0.6 is 0 Å². The zero-order chi connectivity index (χ0) is 26.9. The van der Waals surface area contributed by atoms with Crippen molar-refractivity contribution in [1.82, 2.24) is 0 Å². The molecule has 0 spiro atoms. The minimum atomic E-state index is -0.239. The summed E-state index contributed by atoms with van der Waals surface area (Å²) in [6, 6.07) is 28.5. The molecule has 38 heavy (non-hydrogen) atoms. The normalized spacial score (nSPS) is 10.2. The van der Waals surface area contributed by atoms with E-state index in [1.807, 2.05) is 60.7 Å². The van der Waals surface area contributed by atoms with Crippen molar-refractivity contribution in [2.75, 3.05) is 24.9 Å². The van der Waals surface area contributed by atoms with Crippen LogP contribution in [0.5, 0.6) is 17.2 Å². The first kappa shape index (κ1) is 25.8. The Kier molecular flexibility index (Phi) is 8.25. The number of methoxy groups -OCH3 is 2. The van der Waals surface area contributed by atoms with Crippen LogP contribution in [0.15, 0.2) is 113 Å². The van der Waals surface area contributed by atoms with E-state index >= 15 is 0 Å². The lowest BCUT2D eigenvalue weighted by Gasteiger charge is -2.08. The minimum Gasteiger partial charge on any atom is -0.504 e. The number of carbonyl (C=O) groups excluding carboxylic acids is 1. The third-order valence-electron chi connectivity index (χ3n) is 5.54. The summed E-state index contributed by atoms with van der Waals surface area (Å²) < 4.78 is 15.7. The number of ether oxygens (including phenoxy) is 2. The van der Waals surface area contributed by atoms with Gasteiger partial charge in [0.05, 0.1) is 25.2 Å². The van der Waals surface area contributed by atoms with Crippen LogP contribution in [0.3, 0.4) is 0 Å². The fourth-order valence-electron chi connectivity index (χ4n) is 3.67. The van der Waals surface area contributed by atoms with Crippen molar-refractivity contribution in [3.05, 3.63) is 114 Å². The fraction of sp³-hybridized carbons (Fsp3) is 0.0667. The molecule has 8 nitrogen and oxygen atoms in total. The van der Waals surface area contributed by atoms with E-state index in [0.717, 1.165) is 16.9 Å². The lowest BCUT2D eigenvalue weighted by molar-refractivity contribution is 0.262. The van der Waals surface area contributed by atoms with Crippen LogP contribution in [0.1, 0.15) is 0 Å². The van der Waals surface area contributed by atoms with Gasteiger partial charge in [-0.3, -0.25) is 4.79 Å². The molecule has 1 heterocycles. The Morgan fingerprint density at radius 2 is 1.34 bits per heavy atom. The molecule has 8 heteroatoms. The monoisotopic (exact) mass is 510 g/mol. The summed E-state index contributed by atoms with van der Waals surface area (Å²) in [6.07, 6.45) is 1.37. The third kappa shape index (κ3) is 6.11. The summed E-state index contributed by atoms with van der Waals surface area (Å²) in [5, 5.41) is 15.6. The van der Waals surface area contributed by atoms with E-state index in [-0.39, 0.29) is 28.5 Å². The highest BCUT2D eigenvalue weighted by Gasteiger charge is 2.15. The maximum absolute atomic E-state index is 12.6. The molecule has 0 saturated heterocycles. The highest BCUT2D eigenvalue weighted by Crippen LogP contribution is 2.34. The molecule has 0 unspecified atom stereocenters. The largest absolute Gasteiger partial charge is 0.504 e. The quantitative estimate of drug-likeness (QED) is 0.249. The van der Waals surface area contributed by atoms with Crippen LogP contribution < -0.4 is 25.5 Å². The Morgan fingerprint density at radius 3 is 1.87 bits per heavy atom. The van der Waals surface area contributed by atoms with Crippen molar-refractivity contribution in [2.24, 2.45) is 0 Å². The Hall–Kier alpha value is -5.24. The van der Waals surface area contributed by atoms with Gasteiger partial charge in [-0.1, -0.05) is 48.5 Å². The summed E-state index contributed by atoms with van der Waals surface area (Å²) in [5.41, 5.74) is 2.74. The Bertz CT molecular complexity index is 1520. The van der Waals surface area contributed by atoms with Crippen LogP contribution in [0, 0.1) is 0 Å². The zero-order valence-electron chi connectivity index (χ0n) is 20.8. The lowest BCUT2D eigenvalue weighted by atomic mass is 10.1. The number of phenols is 1. The van der Waals surface area contributed by atoms with Crippen molar-refractivity contribution in [2.45, 2.75) is 0 Å². The Balaban J connectivity index is 0.000000186. The second-order valence-electron chi connectivity index (χ2n) is 8.01. The van der Waals surface area contributed by atoms with Gasteiger partial charge in [-0.15, -0.1) is 0 Å². The van der Waals surface area contributed by atoms with Gasteiger partial charge in [0.1, 0.15) is 12.0 Å². The molecule has 5 aromatic rings. The van der Waals surface area contributed by atoms with E-state index < -0.39 is 0 Å². The van der Waals surface area contributed by atoms with Gasteiger partial charge in [-0.2, -0.15) is 0 Å². The molecule has 0 radical (unpaired) electrons. The predicted octanol–water partition coefficient (Wildman–Crippen LogP) is 6.51. The van der Waals surface area contributed by atoms with Crippen LogP contribution in [0.4, 0.5) is 16.2 Å². The Labute approximate surface area is 219 Å². The molecule has 0 aliphatic carbocycles. The van der Waals surface area contributed by atoms with Crippen molar-refractivity contribution in [1.29, 1.82) is 0 Å². The molecule has 5 rings (SSSR count). The van der Waals surface area contributed by atoms with Gasteiger partial charge in [0.2, 0.25) is 11.2 Å². The minimum absolute atomic E-state index is 0.0738. The number of fused-ring (bicyclic) bond motifs is 1. The molecule has 3 N–H and O–H groups in total.